The van der Waals surface area contributed by atoms with Gasteiger partial charge in [-0.2, -0.15) is 0 Å². The molecule has 0 aliphatic heterocycles. The molecule has 0 heterocycles. The Balaban J connectivity index is 4.32. The lowest BCUT2D eigenvalue weighted by Crippen LogP contribution is -2.30. The lowest BCUT2D eigenvalue weighted by Gasteiger charge is -2.21. The summed E-state index contributed by atoms with van der Waals surface area (Å²) in [5.74, 6) is -1.57. The van der Waals surface area contributed by atoms with Crippen LogP contribution in [0, 0.1) is 0 Å². The predicted octanol–water partition coefficient (Wildman–Crippen LogP) is 20.5. The number of aliphatic hydroxyl groups excluding tert-OH is 2. The molecule has 16 nitrogen and oxygen atoms in total. The first-order valence-corrected chi connectivity index (χ1v) is 39.6. The summed E-state index contributed by atoms with van der Waals surface area (Å²) in [7, 11) is -9.76. The average molecular weight is 1330 g/mol. The van der Waals surface area contributed by atoms with E-state index >= 15 is 0 Å². The van der Waals surface area contributed by atoms with Crippen LogP contribution in [0.3, 0.4) is 0 Å². The Hall–Kier alpha value is -2.75. The van der Waals surface area contributed by atoms with E-state index in [1.54, 1.807) is 0 Å². The molecule has 0 saturated carbocycles. The molecule has 5 unspecified atom stereocenters. The van der Waals surface area contributed by atoms with Crippen LogP contribution >= 0.6 is 15.6 Å². The maximum absolute atomic E-state index is 12.8. The fourth-order valence-electron chi connectivity index (χ4n) is 10.1. The van der Waals surface area contributed by atoms with Gasteiger partial charge in [0.1, 0.15) is 25.4 Å². The van der Waals surface area contributed by atoms with Gasteiger partial charge in [-0.25, -0.2) is 9.13 Å². The second kappa shape index (κ2) is 67.2. The quantitative estimate of drug-likeness (QED) is 0.0146. The van der Waals surface area contributed by atoms with Crippen LogP contribution < -0.4 is 0 Å². The van der Waals surface area contributed by atoms with E-state index in [0.29, 0.717) is 19.3 Å². The summed E-state index contributed by atoms with van der Waals surface area (Å²) in [6, 6.07) is 0. The molecule has 0 aromatic rings. The van der Waals surface area contributed by atoms with E-state index in [4.69, 9.17) is 32.3 Å². The zero-order chi connectivity index (χ0) is 66.7. The van der Waals surface area contributed by atoms with Crippen molar-refractivity contribution in [3.8, 4) is 0 Å². The number of allylic oxidation sites excluding steroid dienone is 10. The van der Waals surface area contributed by atoms with Crippen molar-refractivity contribution in [3.05, 3.63) is 60.8 Å². The number of hydrogen-bond donors (Lipinski definition) is 4. The molecule has 0 spiro atoms. The van der Waals surface area contributed by atoms with Crippen molar-refractivity contribution in [2.45, 2.75) is 347 Å². The number of aliphatic hydroxyl groups is 2. The van der Waals surface area contributed by atoms with Gasteiger partial charge in [-0.15, -0.1) is 0 Å². The van der Waals surface area contributed by atoms with Crippen LogP contribution in [0.4, 0.5) is 0 Å². The monoisotopic (exact) mass is 1330 g/mol. The van der Waals surface area contributed by atoms with Gasteiger partial charge >= 0.3 is 33.6 Å². The maximum atomic E-state index is 12.8. The number of esters is 3. The Morgan fingerprint density at radius 3 is 0.912 bits per heavy atom. The summed E-state index contributed by atoms with van der Waals surface area (Å²) in [4.78, 5) is 58.3. The van der Waals surface area contributed by atoms with Gasteiger partial charge < -0.3 is 34.2 Å². The van der Waals surface area contributed by atoms with Gasteiger partial charge in [-0.05, 0) is 89.9 Å². The number of unbranched alkanes of at least 4 members (excludes halogenated alkanes) is 37. The Kier molecular flexibility index (Phi) is 65.2. The minimum atomic E-state index is -4.91. The minimum absolute atomic E-state index is 0.109. The molecule has 18 heteroatoms. The fourth-order valence-corrected chi connectivity index (χ4v) is 11.7. The van der Waals surface area contributed by atoms with Gasteiger partial charge in [0.25, 0.3) is 0 Å². The largest absolute Gasteiger partial charge is 0.472 e. The highest BCUT2D eigenvalue weighted by atomic mass is 31.2. The summed E-state index contributed by atoms with van der Waals surface area (Å²) < 4.78 is 60.8. The molecule has 0 aromatic carbocycles. The van der Waals surface area contributed by atoms with E-state index in [0.717, 1.165) is 103 Å². The third kappa shape index (κ3) is 68.4. The van der Waals surface area contributed by atoms with Crippen molar-refractivity contribution >= 4 is 33.6 Å². The molecule has 0 rings (SSSR count). The van der Waals surface area contributed by atoms with Gasteiger partial charge in [0.15, 0.2) is 6.10 Å². The number of ether oxygens (including phenoxy) is 3. The number of rotatable bonds is 70. The molecule has 0 aliphatic rings. The van der Waals surface area contributed by atoms with Crippen molar-refractivity contribution in [2.75, 3.05) is 39.6 Å². The topological polar surface area (TPSA) is 231 Å². The summed E-state index contributed by atoms with van der Waals surface area (Å²) in [6.07, 6.45) is 70.2. The normalized spacial score (nSPS) is 14.5. The lowest BCUT2D eigenvalue weighted by molar-refractivity contribution is -0.161. The molecule has 0 aliphatic carbocycles. The summed E-state index contributed by atoms with van der Waals surface area (Å²) in [6.45, 7) is 2.64. The van der Waals surface area contributed by atoms with E-state index in [2.05, 4.69) is 81.5 Å². The van der Waals surface area contributed by atoms with E-state index in [1.165, 1.54) is 167 Å². The van der Waals surface area contributed by atoms with Gasteiger partial charge in [0.05, 0.1) is 26.4 Å². The van der Waals surface area contributed by atoms with Crippen LogP contribution in [0.2, 0.25) is 0 Å². The van der Waals surface area contributed by atoms with Gasteiger partial charge in [-0.3, -0.25) is 32.5 Å². The fraction of sp³-hybridized carbons (Fsp3) is 0.822. The van der Waals surface area contributed by atoms with Crippen molar-refractivity contribution in [1.29, 1.82) is 0 Å². The van der Waals surface area contributed by atoms with Crippen LogP contribution in [0.1, 0.15) is 329 Å². The highest BCUT2D eigenvalue weighted by Gasteiger charge is 2.29. The van der Waals surface area contributed by atoms with Crippen LogP contribution in [-0.2, 0) is 55.8 Å². The highest BCUT2D eigenvalue weighted by molar-refractivity contribution is 7.47. The predicted molar refractivity (Wildman–Crippen MR) is 372 cm³/mol. The van der Waals surface area contributed by atoms with Crippen LogP contribution in [0.5, 0.6) is 0 Å². The molecular formula is C73H134O16P2. The first-order chi connectivity index (χ1) is 44.2. The second-order valence-electron chi connectivity index (χ2n) is 24.7. The molecule has 0 saturated heterocycles. The second-order valence-corrected chi connectivity index (χ2v) is 27.7. The molecule has 532 valence electrons. The molecule has 0 aromatic heterocycles. The zero-order valence-electron chi connectivity index (χ0n) is 57.8. The summed E-state index contributed by atoms with van der Waals surface area (Å²) >= 11 is 0. The Labute approximate surface area is 554 Å². The number of hydrogen-bond acceptors (Lipinski definition) is 14. The van der Waals surface area contributed by atoms with Crippen molar-refractivity contribution in [1.82, 2.24) is 0 Å². The average Bonchev–Trinajstić information content (AvgIpc) is 3.61. The SMILES string of the molecule is CCCCC/C=C\C/C=C\C/C=C\C/C=C\CCCCCCCCCCCCCCCCCC(=O)OCC(O)COP(=O)(O)OCC(O)COP(=O)(O)OCC(COC(=O)CCCCCCC/C=C\CCCCCC)OC(=O)CCCCCCCCCCCCC. The van der Waals surface area contributed by atoms with Gasteiger partial charge in [0.2, 0.25) is 0 Å². The number of carbonyl (C=O) groups is 3. The number of phosphoric acid groups is 2. The Morgan fingerprint density at radius 1 is 0.308 bits per heavy atom. The summed E-state index contributed by atoms with van der Waals surface area (Å²) in [5, 5.41) is 20.6. The Morgan fingerprint density at radius 2 is 0.549 bits per heavy atom. The molecule has 0 amide bonds. The number of phosphoric ester groups is 2. The first kappa shape index (κ1) is 88.2. The van der Waals surface area contributed by atoms with E-state index in [9.17, 15) is 43.5 Å². The van der Waals surface area contributed by atoms with E-state index < -0.39 is 91.5 Å². The molecule has 0 bridgehead atoms. The van der Waals surface area contributed by atoms with Crippen molar-refractivity contribution in [2.24, 2.45) is 0 Å². The van der Waals surface area contributed by atoms with Gasteiger partial charge in [0, 0.05) is 19.3 Å². The molecule has 5 atom stereocenters. The van der Waals surface area contributed by atoms with Crippen LogP contribution in [-0.4, -0.2) is 95.9 Å². The molecule has 0 radical (unpaired) electrons. The summed E-state index contributed by atoms with van der Waals surface area (Å²) in [5.41, 5.74) is 0. The minimum Gasteiger partial charge on any atom is -0.463 e. The van der Waals surface area contributed by atoms with E-state index in [-0.39, 0.29) is 19.3 Å². The Bertz CT molecular complexity index is 1910. The third-order valence-corrected chi connectivity index (χ3v) is 17.6. The van der Waals surface area contributed by atoms with Crippen LogP contribution in [0.25, 0.3) is 0 Å². The smallest absolute Gasteiger partial charge is 0.463 e. The lowest BCUT2D eigenvalue weighted by atomic mass is 10.0. The molecular weight excluding hydrogens is 1190 g/mol. The molecule has 4 N–H and O–H groups in total. The van der Waals surface area contributed by atoms with Crippen molar-refractivity contribution in [3.63, 3.8) is 0 Å². The number of carbonyl (C=O) groups excluding carboxylic acids is 3. The molecule has 0 fully saturated rings. The third-order valence-electron chi connectivity index (χ3n) is 15.7. The molecule has 91 heavy (non-hydrogen) atoms. The van der Waals surface area contributed by atoms with Crippen molar-refractivity contribution < 1.29 is 75.8 Å². The van der Waals surface area contributed by atoms with E-state index in [1.807, 2.05) is 0 Å². The maximum Gasteiger partial charge on any atom is 0.472 e. The zero-order valence-corrected chi connectivity index (χ0v) is 59.6. The highest BCUT2D eigenvalue weighted by Crippen LogP contribution is 2.45. The first-order valence-electron chi connectivity index (χ1n) is 36.6. The standard InChI is InChI=1S/C73H134O16P2/c1-4-7-10-13-16-19-22-24-25-26-27-28-29-30-31-32-33-34-35-36-37-38-39-40-41-43-46-47-50-53-56-59-71(76)83-62-68(74)63-85-90(79,80)86-64-69(75)65-87-91(81,82)88-67-70(89-73(78)61-58-55-52-49-44-21-18-15-12-9-6-3)66-84-72(77)60-57-54-51-48-45-42-23-20-17-14-11-8-5-2/h16,19-20,23-25,27-28,30-31,68-70,74-75H,4-15,17-18,21-22,26,29,32-67H2,1-3H3,(H,79,80)(H,81,82)/b19-16-,23-20-,25-24-,28-27-,31-30-. The van der Waals surface area contributed by atoms with Crippen LogP contribution in [0.15, 0.2) is 60.8 Å². The van der Waals surface area contributed by atoms with Gasteiger partial charge in [-0.1, -0.05) is 281 Å².